The Kier molecular flexibility index (Phi) is 2.22. The highest BCUT2D eigenvalue weighted by molar-refractivity contribution is 5.90. The molecule has 0 aliphatic rings. The first kappa shape index (κ1) is 10.6. The van der Waals surface area contributed by atoms with E-state index in [0.29, 0.717) is 22.3 Å². The Hall–Kier alpha value is -2.50. The summed E-state index contributed by atoms with van der Waals surface area (Å²) in [7, 11) is 0. The molecular formula is C12H10FN5. The van der Waals surface area contributed by atoms with Crippen molar-refractivity contribution in [2.75, 3.05) is 5.73 Å². The number of benzene rings is 1. The van der Waals surface area contributed by atoms with Gasteiger partial charge in [0.05, 0.1) is 17.3 Å². The number of H-pyrrole nitrogens is 1. The Labute approximate surface area is 102 Å². The number of aromatic nitrogens is 4. The van der Waals surface area contributed by atoms with Crippen LogP contribution < -0.4 is 5.73 Å². The third kappa shape index (κ3) is 1.58. The molecule has 2 aromatic heterocycles. The summed E-state index contributed by atoms with van der Waals surface area (Å²) in [5, 5.41) is 7.22. The van der Waals surface area contributed by atoms with Crippen LogP contribution in [0, 0.1) is 12.7 Å². The zero-order valence-corrected chi connectivity index (χ0v) is 9.61. The van der Waals surface area contributed by atoms with Crippen molar-refractivity contribution in [3.05, 3.63) is 35.8 Å². The van der Waals surface area contributed by atoms with E-state index in [1.165, 1.54) is 6.07 Å². The van der Waals surface area contributed by atoms with E-state index in [1.54, 1.807) is 18.3 Å². The van der Waals surface area contributed by atoms with Crippen LogP contribution in [-0.2, 0) is 0 Å². The minimum absolute atomic E-state index is 0.0858. The molecule has 3 rings (SSSR count). The first-order valence-corrected chi connectivity index (χ1v) is 5.38. The Morgan fingerprint density at radius 2 is 2.11 bits per heavy atom. The van der Waals surface area contributed by atoms with Crippen LogP contribution in [0.2, 0.25) is 0 Å². The maximum Gasteiger partial charge on any atom is 0.222 e. The van der Waals surface area contributed by atoms with E-state index in [4.69, 9.17) is 5.73 Å². The lowest BCUT2D eigenvalue weighted by atomic mass is 10.1. The van der Waals surface area contributed by atoms with Crippen molar-refractivity contribution in [2.45, 2.75) is 6.92 Å². The normalized spacial score (nSPS) is 11.0. The standard InChI is InChI=1S/C12H10FN5/c1-6-2-3-9(13)7(4-6)10-8-5-15-18-11(8)17-12(14)16-10/h2-5H,1H3,(H3,14,15,16,17,18). The molecular weight excluding hydrogens is 233 g/mol. The summed E-state index contributed by atoms with van der Waals surface area (Å²) in [5.74, 6) is -0.260. The number of anilines is 1. The smallest absolute Gasteiger partial charge is 0.222 e. The third-order valence-corrected chi connectivity index (χ3v) is 2.70. The number of hydrogen-bond acceptors (Lipinski definition) is 4. The van der Waals surface area contributed by atoms with E-state index in [1.807, 2.05) is 6.92 Å². The SMILES string of the molecule is Cc1ccc(F)c(-c2nc(N)nc3[nH]ncc23)c1. The molecule has 0 saturated carbocycles. The first-order chi connectivity index (χ1) is 8.65. The van der Waals surface area contributed by atoms with Crippen molar-refractivity contribution >= 4 is 17.0 Å². The molecule has 0 bridgehead atoms. The van der Waals surface area contributed by atoms with Gasteiger partial charge in [0.15, 0.2) is 5.65 Å². The molecule has 0 saturated heterocycles. The number of aromatic amines is 1. The monoisotopic (exact) mass is 243 g/mol. The predicted molar refractivity (Wildman–Crippen MR) is 66.2 cm³/mol. The van der Waals surface area contributed by atoms with Gasteiger partial charge in [0.2, 0.25) is 5.95 Å². The summed E-state index contributed by atoms with van der Waals surface area (Å²) in [6.07, 6.45) is 1.56. The zero-order valence-electron chi connectivity index (χ0n) is 9.61. The second kappa shape index (κ2) is 3.76. The maximum atomic E-state index is 13.9. The van der Waals surface area contributed by atoms with Crippen LogP contribution in [-0.4, -0.2) is 20.2 Å². The molecule has 0 aliphatic heterocycles. The van der Waals surface area contributed by atoms with Crippen LogP contribution in [0.5, 0.6) is 0 Å². The molecule has 0 fully saturated rings. The number of nitrogens with one attached hydrogen (secondary N) is 1. The van der Waals surface area contributed by atoms with Crippen molar-refractivity contribution in [3.63, 3.8) is 0 Å². The van der Waals surface area contributed by atoms with Gasteiger partial charge in [-0.3, -0.25) is 5.10 Å². The molecule has 0 atom stereocenters. The number of hydrogen-bond donors (Lipinski definition) is 2. The van der Waals surface area contributed by atoms with Crippen molar-refractivity contribution < 1.29 is 4.39 Å². The predicted octanol–water partition coefficient (Wildman–Crippen LogP) is 2.05. The van der Waals surface area contributed by atoms with Crippen LogP contribution in [0.4, 0.5) is 10.3 Å². The van der Waals surface area contributed by atoms with Crippen molar-refractivity contribution in [3.8, 4) is 11.3 Å². The number of nitrogen functional groups attached to an aromatic ring is 1. The van der Waals surface area contributed by atoms with Crippen LogP contribution in [0.25, 0.3) is 22.3 Å². The highest BCUT2D eigenvalue weighted by Crippen LogP contribution is 2.28. The zero-order chi connectivity index (χ0) is 12.7. The van der Waals surface area contributed by atoms with Gasteiger partial charge in [0, 0.05) is 5.56 Å². The van der Waals surface area contributed by atoms with Gasteiger partial charge in [-0.1, -0.05) is 11.6 Å². The second-order valence-corrected chi connectivity index (χ2v) is 4.05. The first-order valence-electron chi connectivity index (χ1n) is 5.38. The molecule has 1 aromatic carbocycles. The van der Waals surface area contributed by atoms with Gasteiger partial charge in [-0.25, -0.2) is 9.37 Å². The summed E-state index contributed by atoms with van der Waals surface area (Å²) in [4.78, 5) is 8.11. The van der Waals surface area contributed by atoms with Crippen molar-refractivity contribution in [2.24, 2.45) is 0 Å². The lowest BCUT2D eigenvalue weighted by Crippen LogP contribution is -1.98. The van der Waals surface area contributed by atoms with Crippen LogP contribution in [0.1, 0.15) is 5.56 Å². The fraction of sp³-hybridized carbons (Fsp3) is 0.0833. The highest BCUT2D eigenvalue weighted by Gasteiger charge is 2.13. The fourth-order valence-corrected chi connectivity index (χ4v) is 1.88. The minimum Gasteiger partial charge on any atom is -0.368 e. The molecule has 90 valence electrons. The Morgan fingerprint density at radius 1 is 1.28 bits per heavy atom. The van der Waals surface area contributed by atoms with Gasteiger partial charge >= 0.3 is 0 Å². The second-order valence-electron chi connectivity index (χ2n) is 4.05. The van der Waals surface area contributed by atoms with Gasteiger partial charge in [0.25, 0.3) is 0 Å². The quantitative estimate of drug-likeness (QED) is 0.685. The molecule has 18 heavy (non-hydrogen) atoms. The third-order valence-electron chi connectivity index (χ3n) is 2.70. The van der Waals surface area contributed by atoms with Gasteiger partial charge in [-0.15, -0.1) is 0 Å². The summed E-state index contributed by atoms with van der Waals surface area (Å²) < 4.78 is 13.9. The molecule has 3 aromatic rings. The van der Waals surface area contributed by atoms with E-state index in [0.717, 1.165) is 5.56 Å². The molecule has 2 heterocycles. The molecule has 6 heteroatoms. The largest absolute Gasteiger partial charge is 0.368 e. The maximum absolute atomic E-state index is 13.9. The Bertz CT molecular complexity index is 734. The summed E-state index contributed by atoms with van der Waals surface area (Å²) >= 11 is 0. The fourth-order valence-electron chi connectivity index (χ4n) is 1.88. The van der Waals surface area contributed by atoms with Crippen LogP contribution in [0.15, 0.2) is 24.4 Å². The number of nitrogens with zero attached hydrogens (tertiary/aromatic N) is 3. The van der Waals surface area contributed by atoms with Crippen molar-refractivity contribution in [1.29, 1.82) is 0 Å². The van der Waals surface area contributed by atoms with Gasteiger partial charge in [-0.2, -0.15) is 10.1 Å². The van der Waals surface area contributed by atoms with E-state index < -0.39 is 0 Å². The lowest BCUT2D eigenvalue weighted by molar-refractivity contribution is 0.630. The molecule has 0 radical (unpaired) electrons. The van der Waals surface area contributed by atoms with Gasteiger partial charge in [-0.05, 0) is 19.1 Å². The molecule has 0 aliphatic carbocycles. The highest BCUT2D eigenvalue weighted by atomic mass is 19.1. The van der Waals surface area contributed by atoms with E-state index in [-0.39, 0.29) is 11.8 Å². The molecule has 0 unspecified atom stereocenters. The van der Waals surface area contributed by atoms with E-state index >= 15 is 0 Å². The lowest BCUT2D eigenvalue weighted by Gasteiger charge is -2.05. The van der Waals surface area contributed by atoms with E-state index in [9.17, 15) is 4.39 Å². The van der Waals surface area contributed by atoms with Crippen LogP contribution >= 0.6 is 0 Å². The minimum atomic E-state index is -0.346. The Morgan fingerprint density at radius 3 is 2.94 bits per heavy atom. The van der Waals surface area contributed by atoms with Crippen molar-refractivity contribution in [1.82, 2.24) is 20.2 Å². The number of fused-ring (bicyclic) bond motifs is 1. The summed E-state index contributed by atoms with van der Waals surface area (Å²) in [6, 6.07) is 4.84. The summed E-state index contributed by atoms with van der Waals surface area (Å²) in [5.41, 5.74) is 7.91. The average molecular weight is 243 g/mol. The summed E-state index contributed by atoms with van der Waals surface area (Å²) in [6.45, 7) is 1.89. The van der Waals surface area contributed by atoms with E-state index in [2.05, 4.69) is 20.2 Å². The van der Waals surface area contributed by atoms with Gasteiger partial charge < -0.3 is 5.73 Å². The topological polar surface area (TPSA) is 80.5 Å². The average Bonchev–Trinajstić information content (AvgIpc) is 2.79. The Balaban J connectivity index is 2.37. The van der Waals surface area contributed by atoms with Crippen LogP contribution in [0.3, 0.4) is 0 Å². The number of aryl methyl sites for hydroxylation is 1. The molecule has 3 N–H and O–H groups in total. The molecule has 0 amide bonds. The van der Waals surface area contributed by atoms with Gasteiger partial charge in [0.1, 0.15) is 5.82 Å². The number of halogens is 1. The molecule has 5 nitrogen and oxygen atoms in total. The molecule has 0 spiro atoms. The number of rotatable bonds is 1. The number of nitrogens with two attached hydrogens (primary N) is 1.